The molecule has 0 saturated heterocycles. The summed E-state index contributed by atoms with van der Waals surface area (Å²) >= 11 is 0. The van der Waals surface area contributed by atoms with Crippen LogP contribution in [0.3, 0.4) is 0 Å². The van der Waals surface area contributed by atoms with Gasteiger partial charge in [-0.3, -0.25) is 0 Å². The van der Waals surface area contributed by atoms with Crippen LogP contribution in [0.15, 0.2) is 24.8 Å². The minimum atomic E-state index is -0.918. The zero-order valence-corrected chi connectivity index (χ0v) is 11.8. The molecule has 1 aliphatic rings. The van der Waals surface area contributed by atoms with E-state index in [-0.39, 0.29) is 5.92 Å². The van der Waals surface area contributed by atoms with Crippen molar-refractivity contribution < 1.29 is 19.4 Å². The van der Waals surface area contributed by atoms with Crippen LogP contribution >= 0.6 is 0 Å². The zero-order valence-electron chi connectivity index (χ0n) is 11.8. The van der Waals surface area contributed by atoms with Crippen molar-refractivity contribution in [1.29, 1.82) is 0 Å². The molecule has 5 nitrogen and oxygen atoms in total. The molecule has 1 aromatic carbocycles. The van der Waals surface area contributed by atoms with E-state index in [1.165, 1.54) is 10.5 Å². The van der Waals surface area contributed by atoms with E-state index in [1.807, 2.05) is 12.1 Å². The van der Waals surface area contributed by atoms with Gasteiger partial charge in [-0.2, -0.15) is 0 Å². The SMILES string of the molecule is C=CCN(C[C@H]1Cc2cc(OC)c(OC)cc21)C(=O)O. The van der Waals surface area contributed by atoms with Gasteiger partial charge in [0.25, 0.3) is 0 Å². The Kier molecular flexibility index (Phi) is 4.17. The van der Waals surface area contributed by atoms with E-state index in [2.05, 4.69) is 6.58 Å². The number of hydrogen-bond donors (Lipinski definition) is 1. The highest BCUT2D eigenvalue weighted by molar-refractivity contribution is 5.65. The number of methoxy groups -OCH3 is 2. The van der Waals surface area contributed by atoms with E-state index in [9.17, 15) is 4.79 Å². The molecule has 20 heavy (non-hydrogen) atoms. The van der Waals surface area contributed by atoms with E-state index in [0.717, 1.165) is 12.0 Å². The van der Waals surface area contributed by atoms with Gasteiger partial charge in [-0.15, -0.1) is 6.58 Å². The van der Waals surface area contributed by atoms with Crippen LogP contribution in [0.2, 0.25) is 0 Å². The Labute approximate surface area is 118 Å². The Bertz CT molecular complexity index is 527. The highest BCUT2D eigenvalue weighted by atomic mass is 16.5. The number of rotatable bonds is 6. The lowest BCUT2D eigenvalue weighted by Crippen LogP contribution is -2.37. The lowest BCUT2D eigenvalue weighted by atomic mass is 9.77. The molecule has 5 heteroatoms. The second-order valence-corrected chi connectivity index (χ2v) is 4.78. The first-order chi connectivity index (χ1) is 9.60. The number of nitrogens with zero attached hydrogens (tertiary/aromatic N) is 1. The molecule has 0 radical (unpaired) electrons. The lowest BCUT2D eigenvalue weighted by molar-refractivity contribution is 0.146. The van der Waals surface area contributed by atoms with E-state index in [0.29, 0.717) is 24.6 Å². The van der Waals surface area contributed by atoms with Gasteiger partial charge in [0.2, 0.25) is 0 Å². The summed E-state index contributed by atoms with van der Waals surface area (Å²) in [6, 6.07) is 3.90. The van der Waals surface area contributed by atoms with Gasteiger partial charge in [0.1, 0.15) is 0 Å². The van der Waals surface area contributed by atoms with Crippen molar-refractivity contribution in [2.45, 2.75) is 12.3 Å². The van der Waals surface area contributed by atoms with Crippen molar-refractivity contribution in [3.05, 3.63) is 35.9 Å². The number of hydrogen-bond acceptors (Lipinski definition) is 3. The second-order valence-electron chi connectivity index (χ2n) is 4.78. The molecular weight excluding hydrogens is 258 g/mol. The predicted octanol–water partition coefficient (Wildman–Crippen LogP) is 2.51. The van der Waals surface area contributed by atoms with Crippen molar-refractivity contribution >= 4 is 6.09 Å². The third kappa shape index (κ3) is 2.57. The summed E-state index contributed by atoms with van der Waals surface area (Å²) in [5.74, 6) is 1.60. The average molecular weight is 277 g/mol. The van der Waals surface area contributed by atoms with Crippen LogP contribution in [-0.4, -0.2) is 43.4 Å². The molecule has 1 aliphatic carbocycles. The van der Waals surface area contributed by atoms with Gasteiger partial charge in [-0.25, -0.2) is 4.79 Å². The highest BCUT2D eigenvalue weighted by Crippen LogP contribution is 2.42. The monoisotopic (exact) mass is 277 g/mol. The summed E-state index contributed by atoms with van der Waals surface area (Å²) in [5, 5.41) is 9.14. The predicted molar refractivity (Wildman–Crippen MR) is 75.8 cm³/mol. The van der Waals surface area contributed by atoms with Crippen LogP contribution in [0.25, 0.3) is 0 Å². The van der Waals surface area contributed by atoms with Crippen molar-refractivity contribution in [2.24, 2.45) is 0 Å². The summed E-state index contributed by atoms with van der Waals surface area (Å²) in [6.07, 6.45) is 1.54. The minimum Gasteiger partial charge on any atom is -0.493 e. The molecule has 1 N–H and O–H groups in total. The number of carbonyl (C=O) groups is 1. The van der Waals surface area contributed by atoms with Gasteiger partial charge in [0.15, 0.2) is 11.5 Å². The van der Waals surface area contributed by atoms with E-state index in [1.54, 1.807) is 20.3 Å². The molecule has 0 aliphatic heterocycles. The Morgan fingerprint density at radius 3 is 2.65 bits per heavy atom. The molecule has 1 aromatic rings. The quantitative estimate of drug-likeness (QED) is 0.812. The summed E-state index contributed by atoms with van der Waals surface area (Å²) in [6.45, 7) is 4.40. The Morgan fingerprint density at radius 2 is 2.10 bits per heavy atom. The molecule has 0 heterocycles. The zero-order chi connectivity index (χ0) is 14.7. The van der Waals surface area contributed by atoms with E-state index in [4.69, 9.17) is 14.6 Å². The van der Waals surface area contributed by atoms with Crippen molar-refractivity contribution in [3.8, 4) is 11.5 Å². The van der Waals surface area contributed by atoms with Gasteiger partial charge in [-0.1, -0.05) is 6.08 Å². The smallest absolute Gasteiger partial charge is 0.407 e. The second kappa shape index (κ2) is 5.86. The molecule has 1 atom stereocenters. The first kappa shape index (κ1) is 14.2. The standard InChI is InChI=1S/C15H19NO4/c1-4-5-16(15(17)18)9-11-6-10-7-13(19-2)14(20-3)8-12(10)11/h4,7-8,11H,1,5-6,9H2,2-3H3,(H,17,18)/t11-/m1/s1. The maximum absolute atomic E-state index is 11.1. The Hall–Kier alpha value is -2.17. The van der Waals surface area contributed by atoms with E-state index >= 15 is 0 Å². The number of ether oxygens (including phenoxy) is 2. The minimum absolute atomic E-state index is 0.209. The molecule has 1 amide bonds. The van der Waals surface area contributed by atoms with Gasteiger partial charge < -0.3 is 19.5 Å². The topological polar surface area (TPSA) is 59.0 Å². The van der Waals surface area contributed by atoms with Crippen LogP contribution in [0.4, 0.5) is 4.79 Å². The largest absolute Gasteiger partial charge is 0.493 e. The Balaban J connectivity index is 2.15. The van der Waals surface area contributed by atoms with Crippen LogP contribution in [0, 0.1) is 0 Å². The van der Waals surface area contributed by atoms with Gasteiger partial charge in [0.05, 0.1) is 14.2 Å². The van der Waals surface area contributed by atoms with Gasteiger partial charge >= 0.3 is 6.09 Å². The lowest BCUT2D eigenvalue weighted by Gasteiger charge is -2.34. The summed E-state index contributed by atoms with van der Waals surface area (Å²) < 4.78 is 10.5. The van der Waals surface area contributed by atoms with Crippen LogP contribution in [-0.2, 0) is 6.42 Å². The fraction of sp³-hybridized carbons (Fsp3) is 0.400. The molecule has 0 spiro atoms. The third-order valence-corrected chi connectivity index (χ3v) is 3.61. The number of benzene rings is 1. The van der Waals surface area contributed by atoms with Crippen LogP contribution in [0.1, 0.15) is 17.0 Å². The van der Waals surface area contributed by atoms with Crippen LogP contribution in [0.5, 0.6) is 11.5 Å². The average Bonchev–Trinajstić information content (AvgIpc) is 2.42. The summed E-state index contributed by atoms with van der Waals surface area (Å²) in [7, 11) is 3.20. The normalized spacial score (nSPS) is 15.8. The van der Waals surface area contributed by atoms with Crippen molar-refractivity contribution in [2.75, 3.05) is 27.3 Å². The van der Waals surface area contributed by atoms with Gasteiger partial charge in [0, 0.05) is 19.0 Å². The van der Waals surface area contributed by atoms with Gasteiger partial charge in [-0.05, 0) is 29.7 Å². The molecule has 2 rings (SSSR count). The summed E-state index contributed by atoms with van der Waals surface area (Å²) in [5.41, 5.74) is 2.33. The molecule has 0 fully saturated rings. The number of amides is 1. The first-order valence-corrected chi connectivity index (χ1v) is 6.44. The maximum Gasteiger partial charge on any atom is 0.407 e. The molecule has 108 valence electrons. The maximum atomic E-state index is 11.1. The third-order valence-electron chi connectivity index (χ3n) is 3.61. The first-order valence-electron chi connectivity index (χ1n) is 6.44. The Morgan fingerprint density at radius 1 is 1.45 bits per heavy atom. The molecule has 0 bridgehead atoms. The molecule has 0 saturated carbocycles. The summed E-state index contributed by atoms with van der Waals surface area (Å²) in [4.78, 5) is 12.5. The number of carboxylic acid groups (broad SMARTS) is 1. The fourth-order valence-corrected chi connectivity index (χ4v) is 2.55. The highest BCUT2D eigenvalue weighted by Gasteiger charge is 2.30. The number of fused-ring (bicyclic) bond motifs is 1. The van der Waals surface area contributed by atoms with Crippen molar-refractivity contribution in [3.63, 3.8) is 0 Å². The van der Waals surface area contributed by atoms with E-state index < -0.39 is 6.09 Å². The molecular formula is C15H19NO4. The van der Waals surface area contributed by atoms with Crippen molar-refractivity contribution in [1.82, 2.24) is 4.90 Å². The fourth-order valence-electron chi connectivity index (χ4n) is 2.55. The van der Waals surface area contributed by atoms with Crippen LogP contribution < -0.4 is 9.47 Å². The molecule has 0 aromatic heterocycles. The molecule has 0 unspecified atom stereocenters.